The Bertz CT molecular complexity index is 878. The molecule has 0 atom stereocenters. The lowest BCUT2D eigenvalue weighted by atomic mass is 10.3. The van der Waals surface area contributed by atoms with Crippen LogP contribution in [0, 0.1) is 5.41 Å². The van der Waals surface area contributed by atoms with Gasteiger partial charge in [0.1, 0.15) is 6.54 Å². The van der Waals surface area contributed by atoms with E-state index in [9.17, 15) is 13.2 Å². The third-order valence-electron chi connectivity index (χ3n) is 3.84. The van der Waals surface area contributed by atoms with Gasteiger partial charge in [0.15, 0.2) is 4.80 Å². The molecule has 1 fully saturated rings. The molecule has 1 aromatic carbocycles. The van der Waals surface area contributed by atoms with E-state index in [1.807, 2.05) is 0 Å². The van der Waals surface area contributed by atoms with Gasteiger partial charge in [-0.1, -0.05) is 0 Å². The molecule has 1 amide bonds. The molecular formula is C15H18N4O3S2. The maximum atomic E-state index is 12.4. The van der Waals surface area contributed by atoms with E-state index >= 15 is 0 Å². The first-order chi connectivity index (χ1) is 11.5. The fraction of sp³-hybridized carbons (Fsp3) is 0.333. The predicted molar refractivity (Wildman–Crippen MR) is 91.2 cm³/mol. The standard InChI is InChI=1S/C15H18N4O3S2/c16-15-18(9-10-23-15)11-14(20)17-12-3-5-13(6-4-12)24(21,22)19-7-1-2-8-19/h3-6,9-10,16H,1-2,7-8,11H2,(H,17,20). The summed E-state index contributed by atoms with van der Waals surface area (Å²) >= 11 is 1.25. The molecule has 7 nitrogen and oxygen atoms in total. The van der Waals surface area contributed by atoms with Crippen molar-refractivity contribution in [2.75, 3.05) is 18.4 Å². The summed E-state index contributed by atoms with van der Waals surface area (Å²) in [6.07, 6.45) is 3.47. The molecule has 1 saturated heterocycles. The van der Waals surface area contributed by atoms with E-state index in [0.717, 1.165) is 12.8 Å². The van der Waals surface area contributed by atoms with Crippen LogP contribution >= 0.6 is 11.3 Å². The summed E-state index contributed by atoms with van der Waals surface area (Å²) in [7, 11) is -3.44. The summed E-state index contributed by atoms with van der Waals surface area (Å²) < 4.78 is 27.9. The minimum atomic E-state index is -3.44. The van der Waals surface area contributed by atoms with Gasteiger partial charge in [-0.3, -0.25) is 10.2 Å². The van der Waals surface area contributed by atoms with Gasteiger partial charge in [-0.25, -0.2) is 8.42 Å². The number of nitrogens with zero attached hydrogens (tertiary/aromatic N) is 2. The molecule has 24 heavy (non-hydrogen) atoms. The molecular weight excluding hydrogens is 348 g/mol. The van der Waals surface area contributed by atoms with E-state index in [4.69, 9.17) is 5.41 Å². The Morgan fingerprint density at radius 3 is 2.46 bits per heavy atom. The van der Waals surface area contributed by atoms with Crippen molar-refractivity contribution >= 4 is 33.0 Å². The third kappa shape index (κ3) is 3.58. The molecule has 2 N–H and O–H groups in total. The van der Waals surface area contributed by atoms with Crippen molar-refractivity contribution in [1.29, 1.82) is 5.41 Å². The van der Waals surface area contributed by atoms with E-state index in [1.54, 1.807) is 23.7 Å². The van der Waals surface area contributed by atoms with Gasteiger partial charge in [-0.15, -0.1) is 11.3 Å². The summed E-state index contributed by atoms with van der Waals surface area (Å²) in [6.45, 7) is 1.18. The van der Waals surface area contributed by atoms with E-state index in [2.05, 4.69) is 5.32 Å². The van der Waals surface area contributed by atoms with Crippen LogP contribution in [0.1, 0.15) is 12.8 Å². The van der Waals surface area contributed by atoms with Gasteiger partial charge in [-0.2, -0.15) is 4.31 Å². The number of hydrogen-bond donors (Lipinski definition) is 2. The highest BCUT2D eigenvalue weighted by atomic mass is 32.2. The van der Waals surface area contributed by atoms with E-state index in [-0.39, 0.29) is 17.3 Å². The zero-order chi connectivity index (χ0) is 17.2. The van der Waals surface area contributed by atoms with Crippen LogP contribution in [0.2, 0.25) is 0 Å². The predicted octanol–water partition coefficient (Wildman–Crippen LogP) is 1.45. The summed E-state index contributed by atoms with van der Waals surface area (Å²) in [5.41, 5.74) is 0.530. The van der Waals surface area contributed by atoms with Gasteiger partial charge < -0.3 is 9.88 Å². The highest BCUT2D eigenvalue weighted by Gasteiger charge is 2.26. The lowest BCUT2D eigenvalue weighted by Crippen LogP contribution is -2.27. The Labute approximate surface area is 144 Å². The molecule has 1 aliphatic heterocycles. The number of thiazole rings is 1. The number of benzene rings is 1. The largest absolute Gasteiger partial charge is 0.325 e. The lowest BCUT2D eigenvalue weighted by Gasteiger charge is -2.15. The van der Waals surface area contributed by atoms with Crippen LogP contribution < -0.4 is 10.1 Å². The maximum Gasteiger partial charge on any atom is 0.244 e. The number of nitrogens with one attached hydrogen (secondary N) is 2. The molecule has 128 valence electrons. The second kappa shape index (κ2) is 6.88. The lowest BCUT2D eigenvalue weighted by molar-refractivity contribution is -0.116. The minimum absolute atomic E-state index is 0.0517. The van der Waals surface area contributed by atoms with Crippen molar-refractivity contribution < 1.29 is 13.2 Å². The Morgan fingerprint density at radius 2 is 1.88 bits per heavy atom. The molecule has 1 aliphatic rings. The van der Waals surface area contributed by atoms with Gasteiger partial charge in [0.2, 0.25) is 15.9 Å². The van der Waals surface area contributed by atoms with Crippen LogP contribution in [0.15, 0.2) is 40.7 Å². The van der Waals surface area contributed by atoms with Gasteiger partial charge in [0, 0.05) is 30.4 Å². The van der Waals surface area contributed by atoms with Crippen molar-refractivity contribution in [1.82, 2.24) is 8.87 Å². The fourth-order valence-electron chi connectivity index (χ4n) is 2.57. The normalized spacial score (nSPS) is 15.5. The maximum absolute atomic E-state index is 12.4. The number of anilines is 1. The van der Waals surface area contributed by atoms with E-state index in [0.29, 0.717) is 23.6 Å². The average Bonchev–Trinajstić information content (AvgIpc) is 3.21. The van der Waals surface area contributed by atoms with Crippen LogP contribution in [0.5, 0.6) is 0 Å². The molecule has 0 spiro atoms. The Kier molecular flexibility index (Phi) is 4.83. The van der Waals surface area contributed by atoms with Gasteiger partial charge in [-0.05, 0) is 37.1 Å². The Morgan fingerprint density at radius 1 is 1.21 bits per heavy atom. The fourth-order valence-corrected chi connectivity index (χ4v) is 4.69. The highest BCUT2D eigenvalue weighted by molar-refractivity contribution is 7.89. The van der Waals surface area contributed by atoms with Gasteiger partial charge in [0.05, 0.1) is 4.90 Å². The van der Waals surface area contributed by atoms with Crippen molar-refractivity contribution in [2.45, 2.75) is 24.3 Å². The number of hydrogen-bond acceptors (Lipinski definition) is 5. The number of carbonyl (C=O) groups excluding carboxylic acids is 1. The zero-order valence-electron chi connectivity index (χ0n) is 12.9. The van der Waals surface area contributed by atoms with Crippen LogP contribution in [-0.4, -0.2) is 36.3 Å². The Balaban J connectivity index is 1.67. The molecule has 0 aliphatic carbocycles. The summed E-state index contributed by atoms with van der Waals surface area (Å²) in [5.74, 6) is -0.262. The number of aromatic nitrogens is 1. The first-order valence-corrected chi connectivity index (χ1v) is 9.87. The van der Waals surface area contributed by atoms with E-state index < -0.39 is 10.0 Å². The number of sulfonamides is 1. The minimum Gasteiger partial charge on any atom is -0.325 e. The molecule has 2 heterocycles. The SMILES string of the molecule is N=c1sccn1CC(=O)Nc1ccc(S(=O)(=O)N2CCCC2)cc1. The van der Waals surface area contributed by atoms with Crippen LogP contribution in [-0.2, 0) is 21.4 Å². The van der Waals surface area contributed by atoms with Crippen molar-refractivity contribution in [2.24, 2.45) is 0 Å². The summed E-state index contributed by atoms with van der Waals surface area (Å²) in [4.78, 5) is 12.5. The zero-order valence-corrected chi connectivity index (χ0v) is 14.6. The van der Waals surface area contributed by atoms with Crippen molar-refractivity contribution in [3.8, 4) is 0 Å². The number of rotatable bonds is 5. The van der Waals surface area contributed by atoms with Gasteiger partial charge >= 0.3 is 0 Å². The molecule has 9 heteroatoms. The van der Waals surface area contributed by atoms with Crippen LogP contribution in [0.3, 0.4) is 0 Å². The van der Waals surface area contributed by atoms with Crippen LogP contribution in [0.4, 0.5) is 5.69 Å². The average molecular weight is 366 g/mol. The second-order valence-corrected chi connectivity index (χ2v) is 8.35. The first kappa shape index (κ1) is 16.9. The topological polar surface area (TPSA) is 95.3 Å². The number of carbonyl (C=O) groups is 1. The first-order valence-electron chi connectivity index (χ1n) is 7.55. The van der Waals surface area contributed by atoms with E-state index in [1.165, 1.54) is 32.3 Å². The molecule has 0 unspecified atom stereocenters. The summed E-state index contributed by atoms with van der Waals surface area (Å²) in [6, 6.07) is 6.19. The number of amides is 1. The van der Waals surface area contributed by atoms with Crippen molar-refractivity contribution in [3.05, 3.63) is 40.6 Å². The molecule has 3 rings (SSSR count). The summed E-state index contributed by atoms with van der Waals surface area (Å²) in [5, 5.41) is 12.1. The smallest absolute Gasteiger partial charge is 0.244 e. The molecule has 0 bridgehead atoms. The molecule has 0 radical (unpaired) electrons. The Hall–Kier alpha value is -1.97. The quantitative estimate of drug-likeness (QED) is 0.838. The van der Waals surface area contributed by atoms with Gasteiger partial charge in [0.25, 0.3) is 0 Å². The highest BCUT2D eigenvalue weighted by Crippen LogP contribution is 2.22. The molecule has 1 aromatic heterocycles. The molecule has 0 saturated carbocycles. The molecule has 2 aromatic rings. The third-order valence-corrected chi connectivity index (χ3v) is 6.46. The van der Waals surface area contributed by atoms with Crippen molar-refractivity contribution in [3.63, 3.8) is 0 Å². The second-order valence-electron chi connectivity index (χ2n) is 5.52. The monoisotopic (exact) mass is 366 g/mol. The van der Waals surface area contributed by atoms with Crippen LogP contribution in [0.25, 0.3) is 0 Å².